The molecule has 0 aliphatic carbocycles. The van der Waals surface area contributed by atoms with E-state index in [1.54, 1.807) is 0 Å². The van der Waals surface area contributed by atoms with E-state index in [1.165, 1.54) is 0 Å². The van der Waals surface area contributed by atoms with Gasteiger partial charge in [0.05, 0.1) is 13.2 Å². The van der Waals surface area contributed by atoms with Crippen molar-refractivity contribution >= 4 is 5.91 Å². The molecular formula is C15H24N2O2. The molecule has 106 valence electrons. The largest absolute Gasteiger partial charge is 0.380 e. The average Bonchev–Trinajstić information content (AvgIpc) is 2.45. The van der Waals surface area contributed by atoms with Gasteiger partial charge in [0.1, 0.15) is 0 Å². The van der Waals surface area contributed by atoms with Crippen molar-refractivity contribution in [2.45, 2.75) is 26.3 Å². The Kier molecular flexibility index (Phi) is 8.68. The first-order valence-corrected chi connectivity index (χ1v) is 6.92. The van der Waals surface area contributed by atoms with Crippen molar-refractivity contribution in [2.75, 3.05) is 26.3 Å². The van der Waals surface area contributed by atoms with Crippen LogP contribution in [-0.4, -0.2) is 32.2 Å². The number of hydrogen-bond donors (Lipinski definition) is 2. The molecule has 0 bridgehead atoms. The Bertz CT molecular complexity index is 341. The van der Waals surface area contributed by atoms with Gasteiger partial charge in [-0.25, -0.2) is 0 Å². The van der Waals surface area contributed by atoms with Crippen LogP contribution in [0.25, 0.3) is 0 Å². The van der Waals surface area contributed by atoms with E-state index in [2.05, 4.69) is 17.6 Å². The summed E-state index contributed by atoms with van der Waals surface area (Å²) in [7, 11) is 0. The third kappa shape index (κ3) is 8.35. The van der Waals surface area contributed by atoms with Gasteiger partial charge in [0, 0.05) is 19.7 Å². The molecule has 1 rings (SSSR count). The second-order valence-electron chi connectivity index (χ2n) is 4.41. The molecular weight excluding hydrogens is 240 g/mol. The van der Waals surface area contributed by atoms with Gasteiger partial charge >= 0.3 is 0 Å². The van der Waals surface area contributed by atoms with Gasteiger partial charge in [0.2, 0.25) is 5.91 Å². The van der Waals surface area contributed by atoms with E-state index in [0.29, 0.717) is 26.2 Å². The fourth-order valence-electron chi connectivity index (χ4n) is 1.55. The van der Waals surface area contributed by atoms with Crippen molar-refractivity contribution in [1.29, 1.82) is 0 Å². The van der Waals surface area contributed by atoms with Gasteiger partial charge in [-0.15, -0.1) is 0 Å². The van der Waals surface area contributed by atoms with Crippen molar-refractivity contribution in [2.24, 2.45) is 0 Å². The molecule has 0 aliphatic heterocycles. The van der Waals surface area contributed by atoms with Crippen molar-refractivity contribution in [3.05, 3.63) is 35.9 Å². The second-order valence-corrected chi connectivity index (χ2v) is 4.41. The summed E-state index contributed by atoms with van der Waals surface area (Å²) in [5.74, 6) is 0.0115. The first kappa shape index (κ1) is 15.7. The Balaban J connectivity index is 1.96. The van der Waals surface area contributed by atoms with Crippen LogP contribution in [0.5, 0.6) is 0 Å². The van der Waals surface area contributed by atoms with Crippen LogP contribution in [0, 0.1) is 0 Å². The van der Waals surface area contributed by atoms with E-state index >= 15 is 0 Å². The first-order chi connectivity index (χ1) is 9.33. The molecule has 1 amide bonds. The van der Waals surface area contributed by atoms with Gasteiger partial charge in [-0.1, -0.05) is 43.7 Å². The Hall–Kier alpha value is -1.39. The molecule has 0 unspecified atom stereocenters. The topological polar surface area (TPSA) is 50.4 Å². The van der Waals surface area contributed by atoms with Gasteiger partial charge in [0.15, 0.2) is 0 Å². The minimum absolute atomic E-state index is 0.0115. The minimum Gasteiger partial charge on any atom is -0.380 e. The van der Waals surface area contributed by atoms with Crippen LogP contribution in [0.3, 0.4) is 0 Å². The molecule has 0 spiro atoms. The molecule has 0 atom stereocenters. The molecule has 0 saturated carbocycles. The molecule has 4 heteroatoms. The summed E-state index contributed by atoms with van der Waals surface area (Å²) in [4.78, 5) is 11.5. The van der Waals surface area contributed by atoms with Crippen molar-refractivity contribution < 1.29 is 9.53 Å². The Morgan fingerprint density at radius 1 is 1.21 bits per heavy atom. The monoisotopic (exact) mass is 264 g/mol. The summed E-state index contributed by atoms with van der Waals surface area (Å²) in [5.41, 5.74) is 1.11. The summed E-state index contributed by atoms with van der Waals surface area (Å²) >= 11 is 0. The number of unbranched alkanes of at least 4 members (excludes halogenated alkanes) is 1. The summed E-state index contributed by atoms with van der Waals surface area (Å²) in [6.45, 7) is 5.23. The lowest BCUT2D eigenvalue weighted by Gasteiger charge is -2.07. The molecule has 0 heterocycles. The van der Waals surface area contributed by atoms with Gasteiger partial charge in [0.25, 0.3) is 0 Å². The van der Waals surface area contributed by atoms with Crippen LogP contribution in [-0.2, 0) is 16.1 Å². The lowest BCUT2D eigenvalue weighted by Crippen LogP contribution is -2.34. The number of carbonyl (C=O) groups is 1. The van der Waals surface area contributed by atoms with E-state index in [1.807, 2.05) is 30.3 Å². The quantitative estimate of drug-likeness (QED) is 0.633. The predicted molar refractivity (Wildman–Crippen MR) is 76.9 cm³/mol. The zero-order chi connectivity index (χ0) is 13.8. The number of rotatable bonds is 10. The van der Waals surface area contributed by atoms with E-state index in [9.17, 15) is 4.79 Å². The number of benzene rings is 1. The maximum absolute atomic E-state index is 11.5. The Morgan fingerprint density at radius 2 is 2.00 bits per heavy atom. The van der Waals surface area contributed by atoms with Crippen LogP contribution < -0.4 is 10.6 Å². The molecule has 0 saturated heterocycles. The Morgan fingerprint density at radius 3 is 2.74 bits per heavy atom. The van der Waals surface area contributed by atoms with Gasteiger partial charge < -0.3 is 15.4 Å². The van der Waals surface area contributed by atoms with Crippen LogP contribution >= 0.6 is 0 Å². The second kappa shape index (κ2) is 10.5. The Labute approximate surface area is 115 Å². The lowest BCUT2D eigenvalue weighted by molar-refractivity contribution is -0.120. The third-order valence-electron chi connectivity index (χ3n) is 2.68. The van der Waals surface area contributed by atoms with Crippen molar-refractivity contribution in [3.8, 4) is 0 Å². The summed E-state index contributed by atoms with van der Waals surface area (Å²) < 4.78 is 5.39. The SMILES string of the molecule is CCCCOCCNCC(=O)NCc1ccccc1. The smallest absolute Gasteiger partial charge is 0.234 e. The summed E-state index contributed by atoms with van der Waals surface area (Å²) in [6, 6.07) is 9.89. The zero-order valence-corrected chi connectivity index (χ0v) is 11.7. The number of nitrogens with one attached hydrogen (secondary N) is 2. The molecule has 1 aromatic carbocycles. The highest BCUT2D eigenvalue weighted by Gasteiger charge is 2.00. The number of hydrogen-bond acceptors (Lipinski definition) is 3. The molecule has 0 aliphatic rings. The minimum atomic E-state index is 0.0115. The summed E-state index contributed by atoms with van der Waals surface area (Å²) in [5, 5.41) is 5.93. The molecule has 0 aromatic heterocycles. The van der Waals surface area contributed by atoms with Crippen LogP contribution in [0.1, 0.15) is 25.3 Å². The first-order valence-electron chi connectivity index (χ1n) is 6.92. The number of ether oxygens (including phenoxy) is 1. The van der Waals surface area contributed by atoms with Gasteiger partial charge in [-0.2, -0.15) is 0 Å². The maximum atomic E-state index is 11.5. The highest BCUT2D eigenvalue weighted by atomic mass is 16.5. The van der Waals surface area contributed by atoms with Crippen LogP contribution in [0.15, 0.2) is 30.3 Å². The van der Waals surface area contributed by atoms with Crippen LogP contribution in [0.2, 0.25) is 0 Å². The summed E-state index contributed by atoms with van der Waals surface area (Å²) in [6.07, 6.45) is 2.24. The van der Waals surface area contributed by atoms with E-state index in [0.717, 1.165) is 25.0 Å². The zero-order valence-electron chi connectivity index (χ0n) is 11.7. The van der Waals surface area contributed by atoms with E-state index in [-0.39, 0.29) is 5.91 Å². The molecule has 0 radical (unpaired) electrons. The lowest BCUT2D eigenvalue weighted by atomic mass is 10.2. The van der Waals surface area contributed by atoms with Gasteiger partial charge in [-0.05, 0) is 12.0 Å². The molecule has 2 N–H and O–H groups in total. The fourth-order valence-corrected chi connectivity index (χ4v) is 1.55. The van der Waals surface area contributed by atoms with E-state index in [4.69, 9.17) is 4.74 Å². The van der Waals surface area contributed by atoms with Gasteiger partial charge in [-0.3, -0.25) is 4.79 Å². The highest BCUT2D eigenvalue weighted by Crippen LogP contribution is 1.96. The number of carbonyl (C=O) groups excluding carboxylic acids is 1. The van der Waals surface area contributed by atoms with E-state index < -0.39 is 0 Å². The molecule has 0 fully saturated rings. The predicted octanol–water partition coefficient (Wildman–Crippen LogP) is 1.71. The fraction of sp³-hybridized carbons (Fsp3) is 0.533. The van der Waals surface area contributed by atoms with Crippen molar-refractivity contribution in [3.63, 3.8) is 0 Å². The van der Waals surface area contributed by atoms with Crippen molar-refractivity contribution in [1.82, 2.24) is 10.6 Å². The van der Waals surface area contributed by atoms with Crippen LogP contribution in [0.4, 0.5) is 0 Å². The standard InChI is InChI=1S/C15H24N2O2/c1-2-3-10-19-11-9-16-13-15(18)17-12-14-7-5-4-6-8-14/h4-8,16H,2-3,9-13H2,1H3,(H,17,18). The maximum Gasteiger partial charge on any atom is 0.234 e. The normalized spacial score (nSPS) is 10.4. The molecule has 4 nitrogen and oxygen atoms in total. The average molecular weight is 264 g/mol. The molecule has 1 aromatic rings. The highest BCUT2D eigenvalue weighted by molar-refractivity contribution is 5.77. The third-order valence-corrected chi connectivity index (χ3v) is 2.68. The molecule has 19 heavy (non-hydrogen) atoms. The number of amides is 1.